The fourth-order valence-corrected chi connectivity index (χ4v) is 4.89. The van der Waals surface area contributed by atoms with Crippen molar-refractivity contribution in [3.8, 4) is 12.3 Å². The second kappa shape index (κ2) is 7.97. The summed E-state index contributed by atoms with van der Waals surface area (Å²) < 4.78 is 34.0. The number of rotatable bonds is 2. The Morgan fingerprint density at radius 2 is 2.07 bits per heavy atom. The fourth-order valence-electron chi connectivity index (χ4n) is 3.73. The van der Waals surface area contributed by atoms with Gasteiger partial charge in [-0.05, 0) is 24.6 Å². The van der Waals surface area contributed by atoms with Crippen LogP contribution >= 0.6 is 11.8 Å². The third-order valence-electron chi connectivity index (χ3n) is 5.24. The van der Waals surface area contributed by atoms with E-state index in [4.69, 9.17) is 16.2 Å². The number of aliphatic imine (C=N–C) groups is 1. The number of ether oxygens (including phenoxy) is 1. The lowest BCUT2D eigenvalue weighted by Crippen LogP contribution is -2.51. The standard InChI is InChI=1S/C22H18F2N2O2S/c1-2-17-10-15-12-29-21(25-20(27)14-6-4-3-5-7-14)26-22(15,13-28-17)18-9-8-16(23)11-19(18)24/h1,3-9,11,15,17H,10,12-13H2,(H,25,26,27). The third-order valence-corrected chi connectivity index (χ3v) is 6.28. The minimum Gasteiger partial charge on any atom is -0.363 e. The van der Waals surface area contributed by atoms with Crippen LogP contribution in [0.3, 0.4) is 0 Å². The molecule has 1 amide bonds. The lowest BCUT2D eigenvalue weighted by molar-refractivity contribution is -0.0299. The van der Waals surface area contributed by atoms with Crippen molar-refractivity contribution in [1.82, 2.24) is 5.32 Å². The number of carbonyl (C=O) groups excluding carboxylic acids is 1. The number of amides is 1. The first-order valence-corrected chi connectivity index (χ1v) is 10.1. The number of hydrogen-bond acceptors (Lipinski definition) is 4. The van der Waals surface area contributed by atoms with E-state index < -0.39 is 17.2 Å². The molecule has 2 aromatic carbocycles. The highest BCUT2D eigenvalue weighted by Crippen LogP contribution is 2.46. The van der Waals surface area contributed by atoms with Crippen molar-refractivity contribution in [1.29, 1.82) is 0 Å². The van der Waals surface area contributed by atoms with Gasteiger partial charge in [0, 0.05) is 28.9 Å². The van der Waals surface area contributed by atoms with Crippen LogP contribution in [0, 0.1) is 29.9 Å². The summed E-state index contributed by atoms with van der Waals surface area (Å²) in [5.41, 5.74) is -0.339. The predicted molar refractivity (Wildman–Crippen MR) is 109 cm³/mol. The first-order chi connectivity index (χ1) is 14.0. The molecule has 29 heavy (non-hydrogen) atoms. The van der Waals surface area contributed by atoms with Gasteiger partial charge in [0.25, 0.3) is 5.91 Å². The SMILES string of the molecule is C#CC1CC2CSC(NC(=O)c3ccccc3)=NC2(c2ccc(F)cc2F)CO1. The smallest absolute Gasteiger partial charge is 0.257 e. The van der Waals surface area contributed by atoms with Crippen molar-refractivity contribution in [3.05, 3.63) is 71.3 Å². The summed E-state index contributed by atoms with van der Waals surface area (Å²) in [6.07, 6.45) is 5.64. The molecule has 0 radical (unpaired) electrons. The van der Waals surface area contributed by atoms with Gasteiger partial charge in [0.15, 0.2) is 5.17 Å². The minimum absolute atomic E-state index is 0.0559. The average molecular weight is 412 g/mol. The van der Waals surface area contributed by atoms with Crippen molar-refractivity contribution in [2.75, 3.05) is 12.4 Å². The van der Waals surface area contributed by atoms with Crippen LogP contribution in [0.2, 0.25) is 0 Å². The first kappa shape index (κ1) is 19.6. The quantitative estimate of drug-likeness (QED) is 0.765. The Bertz CT molecular complexity index is 1010. The van der Waals surface area contributed by atoms with Crippen molar-refractivity contribution >= 4 is 22.8 Å². The maximum atomic E-state index is 14.7. The number of thioether (sulfide) groups is 1. The molecule has 1 fully saturated rings. The van der Waals surface area contributed by atoms with Gasteiger partial charge in [-0.1, -0.05) is 41.9 Å². The van der Waals surface area contributed by atoms with Crippen LogP contribution in [-0.2, 0) is 10.3 Å². The molecule has 3 unspecified atom stereocenters. The van der Waals surface area contributed by atoms with Crippen molar-refractivity contribution in [2.24, 2.45) is 10.9 Å². The van der Waals surface area contributed by atoms with Crippen LogP contribution in [0.25, 0.3) is 0 Å². The molecule has 2 heterocycles. The number of terminal acetylenes is 1. The molecule has 0 saturated carbocycles. The van der Waals surface area contributed by atoms with E-state index in [9.17, 15) is 13.6 Å². The summed E-state index contributed by atoms with van der Waals surface area (Å²) in [7, 11) is 0. The molecular formula is C22H18F2N2O2S. The maximum absolute atomic E-state index is 14.7. The molecule has 2 aliphatic rings. The second-order valence-corrected chi connectivity index (χ2v) is 8.00. The molecule has 0 aromatic heterocycles. The molecule has 0 bridgehead atoms. The van der Waals surface area contributed by atoms with E-state index in [1.807, 2.05) is 6.07 Å². The number of benzene rings is 2. The summed E-state index contributed by atoms with van der Waals surface area (Å²) in [5.74, 6) is 1.40. The highest BCUT2D eigenvalue weighted by Gasteiger charge is 2.49. The number of hydrogen-bond donors (Lipinski definition) is 1. The molecule has 1 N–H and O–H groups in total. The van der Waals surface area contributed by atoms with Crippen molar-refractivity contribution in [3.63, 3.8) is 0 Å². The van der Waals surface area contributed by atoms with Gasteiger partial charge in [-0.25, -0.2) is 13.8 Å². The highest BCUT2D eigenvalue weighted by atomic mass is 32.2. The molecule has 4 nitrogen and oxygen atoms in total. The third kappa shape index (κ3) is 3.78. The monoisotopic (exact) mass is 412 g/mol. The molecule has 0 aliphatic carbocycles. The van der Waals surface area contributed by atoms with Gasteiger partial charge in [-0.3, -0.25) is 4.79 Å². The molecule has 7 heteroatoms. The van der Waals surface area contributed by atoms with Crippen LogP contribution in [-0.4, -0.2) is 29.5 Å². The van der Waals surface area contributed by atoms with E-state index in [1.165, 1.54) is 23.9 Å². The first-order valence-electron chi connectivity index (χ1n) is 9.14. The predicted octanol–water partition coefficient (Wildman–Crippen LogP) is 3.73. The van der Waals surface area contributed by atoms with E-state index in [-0.39, 0.29) is 30.1 Å². The van der Waals surface area contributed by atoms with Gasteiger partial charge < -0.3 is 10.1 Å². The van der Waals surface area contributed by atoms with Gasteiger partial charge in [-0.2, -0.15) is 0 Å². The molecule has 148 valence electrons. The van der Waals surface area contributed by atoms with Gasteiger partial charge in [0.1, 0.15) is 23.3 Å². The lowest BCUT2D eigenvalue weighted by atomic mass is 9.75. The Hall–Kier alpha value is -2.69. The van der Waals surface area contributed by atoms with Gasteiger partial charge in [-0.15, -0.1) is 6.42 Å². The minimum atomic E-state index is -1.07. The van der Waals surface area contributed by atoms with Gasteiger partial charge >= 0.3 is 0 Å². The van der Waals surface area contributed by atoms with Crippen LogP contribution in [0.5, 0.6) is 0 Å². The molecular weight excluding hydrogens is 394 g/mol. The number of amidine groups is 1. The largest absolute Gasteiger partial charge is 0.363 e. The Morgan fingerprint density at radius 1 is 1.28 bits per heavy atom. The Morgan fingerprint density at radius 3 is 2.79 bits per heavy atom. The summed E-state index contributed by atoms with van der Waals surface area (Å²) in [5, 5.41) is 3.18. The Labute approximate surface area is 171 Å². The number of nitrogens with zero attached hydrogens (tertiary/aromatic N) is 1. The zero-order valence-corrected chi connectivity index (χ0v) is 16.2. The number of carbonyl (C=O) groups is 1. The molecule has 3 atom stereocenters. The van der Waals surface area contributed by atoms with Crippen LogP contribution in [0.1, 0.15) is 22.3 Å². The van der Waals surface area contributed by atoms with E-state index in [0.29, 0.717) is 22.9 Å². The number of fused-ring (bicyclic) bond motifs is 1. The topological polar surface area (TPSA) is 50.7 Å². The normalized spacial score (nSPS) is 26.0. The summed E-state index contributed by atoms with van der Waals surface area (Å²) in [6, 6.07) is 12.2. The molecule has 1 saturated heterocycles. The number of halogens is 2. The van der Waals surface area contributed by atoms with Crippen molar-refractivity contribution in [2.45, 2.75) is 18.1 Å². The zero-order valence-electron chi connectivity index (χ0n) is 15.4. The van der Waals surface area contributed by atoms with E-state index in [1.54, 1.807) is 24.3 Å². The summed E-state index contributed by atoms with van der Waals surface area (Å²) >= 11 is 1.38. The van der Waals surface area contributed by atoms with Gasteiger partial charge in [0.05, 0.1) is 6.61 Å². The molecule has 0 spiro atoms. The number of nitrogens with one attached hydrogen (secondary N) is 1. The average Bonchev–Trinajstić information content (AvgIpc) is 2.73. The van der Waals surface area contributed by atoms with E-state index >= 15 is 0 Å². The summed E-state index contributed by atoms with van der Waals surface area (Å²) in [4.78, 5) is 17.3. The second-order valence-electron chi connectivity index (χ2n) is 7.00. The van der Waals surface area contributed by atoms with E-state index in [2.05, 4.69) is 11.2 Å². The van der Waals surface area contributed by atoms with Crippen LogP contribution in [0.15, 0.2) is 53.5 Å². The van der Waals surface area contributed by atoms with Gasteiger partial charge in [0.2, 0.25) is 0 Å². The zero-order chi connectivity index (χ0) is 20.4. The lowest BCUT2D eigenvalue weighted by Gasteiger charge is -2.45. The highest BCUT2D eigenvalue weighted by molar-refractivity contribution is 8.13. The fraction of sp³-hybridized carbons (Fsp3) is 0.273. The Kier molecular flexibility index (Phi) is 5.39. The van der Waals surface area contributed by atoms with Crippen molar-refractivity contribution < 1.29 is 18.3 Å². The molecule has 2 aliphatic heterocycles. The summed E-state index contributed by atoms with van der Waals surface area (Å²) in [6.45, 7) is 0.0559. The molecule has 2 aromatic rings. The van der Waals surface area contributed by atoms with E-state index in [0.717, 1.165) is 6.07 Å². The Balaban J connectivity index is 1.71. The van der Waals surface area contributed by atoms with Crippen LogP contribution in [0.4, 0.5) is 8.78 Å². The molecule has 4 rings (SSSR count). The van der Waals surface area contributed by atoms with Crippen LogP contribution < -0.4 is 5.32 Å². The maximum Gasteiger partial charge on any atom is 0.257 e.